The van der Waals surface area contributed by atoms with Gasteiger partial charge in [-0.05, 0) is 61.1 Å². The van der Waals surface area contributed by atoms with E-state index in [0.29, 0.717) is 25.7 Å². The van der Waals surface area contributed by atoms with Crippen molar-refractivity contribution >= 4 is 55.7 Å². The molecule has 0 saturated heterocycles. The van der Waals surface area contributed by atoms with E-state index in [0.717, 1.165) is 20.1 Å². The van der Waals surface area contributed by atoms with Gasteiger partial charge in [0.2, 0.25) is 0 Å². The normalized spacial score (nSPS) is 19.3. The number of hydrogen-bond acceptors (Lipinski definition) is 8. The molecule has 0 radical (unpaired) electrons. The third-order valence-electron chi connectivity index (χ3n) is 7.60. The van der Waals surface area contributed by atoms with E-state index >= 15 is 0 Å². The third kappa shape index (κ3) is 10.2. The lowest BCUT2D eigenvalue weighted by molar-refractivity contribution is -0.172. The second kappa shape index (κ2) is 17.7. The van der Waals surface area contributed by atoms with Crippen LogP contribution in [0.25, 0.3) is 0 Å². The van der Waals surface area contributed by atoms with Crippen LogP contribution in [0.3, 0.4) is 0 Å². The van der Waals surface area contributed by atoms with E-state index in [9.17, 15) is 19.2 Å². The first-order chi connectivity index (χ1) is 21.0. The zero-order valence-corrected chi connectivity index (χ0v) is 28.9. The van der Waals surface area contributed by atoms with Gasteiger partial charge in [-0.2, -0.15) is 0 Å². The monoisotopic (exact) mass is 736 g/mol. The van der Waals surface area contributed by atoms with E-state index in [2.05, 4.69) is 31.9 Å². The maximum atomic E-state index is 13.6. The van der Waals surface area contributed by atoms with Gasteiger partial charge in [-0.25, -0.2) is 0 Å². The summed E-state index contributed by atoms with van der Waals surface area (Å²) in [5.74, 6) is -3.86. The molecule has 0 heterocycles. The fourth-order valence-electron chi connectivity index (χ4n) is 5.16. The van der Waals surface area contributed by atoms with Crippen molar-refractivity contribution in [2.24, 2.45) is 23.7 Å². The number of esters is 4. The van der Waals surface area contributed by atoms with Gasteiger partial charge in [-0.15, -0.1) is 0 Å². The summed E-state index contributed by atoms with van der Waals surface area (Å²) in [6.45, 7) is 7.93. The summed E-state index contributed by atoms with van der Waals surface area (Å²) < 4.78 is 23.6. The molecule has 0 bridgehead atoms. The molecule has 1 unspecified atom stereocenters. The Bertz CT molecular complexity index is 1150. The lowest BCUT2D eigenvalue weighted by Gasteiger charge is -2.49. The number of halogens is 2. The molecule has 0 aliphatic heterocycles. The van der Waals surface area contributed by atoms with Gasteiger partial charge in [-0.3, -0.25) is 19.2 Å². The van der Waals surface area contributed by atoms with Crippen LogP contribution in [0.1, 0.15) is 76.3 Å². The van der Waals surface area contributed by atoms with Gasteiger partial charge >= 0.3 is 23.9 Å². The highest BCUT2D eigenvalue weighted by atomic mass is 79.9. The first kappa shape index (κ1) is 35.8. The van der Waals surface area contributed by atoms with Gasteiger partial charge in [0, 0.05) is 20.8 Å². The van der Waals surface area contributed by atoms with Gasteiger partial charge in [0.15, 0.2) is 0 Å². The third-order valence-corrected chi connectivity index (χ3v) is 8.66. The Morgan fingerprint density at radius 2 is 0.841 bits per heavy atom. The maximum absolute atomic E-state index is 13.6. The van der Waals surface area contributed by atoms with Gasteiger partial charge < -0.3 is 18.9 Å². The van der Waals surface area contributed by atoms with Gasteiger partial charge in [0.1, 0.15) is 0 Å². The predicted octanol–water partition coefficient (Wildman–Crippen LogP) is 7.37. The van der Waals surface area contributed by atoms with Crippen LogP contribution in [0.4, 0.5) is 0 Å². The minimum Gasteiger partial charge on any atom is -0.465 e. The molecule has 0 amide bonds. The quantitative estimate of drug-likeness (QED) is 0.1000. The van der Waals surface area contributed by atoms with Crippen molar-refractivity contribution in [3.63, 3.8) is 0 Å². The topological polar surface area (TPSA) is 105 Å². The van der Waals surface area contributed by atoms with Crippen LogP contribution in [0.15, 0.2) is 57.5 Å². The summed E-state index contributed by atoms with van der Waals surface area (Å²) in [5.41, 5.74) is 1.86. The van der Waals surface area contributed by atoms with Crippen molar-refractivity contribution in [1.82, 2.24) is 0 Å². The molecule has 2 aromatic carbocycles. The smallest absolute Gasteiger partial charge is 0.310 e. The summed E-state index contributed by atoms with van der Waals surface area (Å²) in [5, 5.41) is 0. The molecule has 1 aliphatic carbocycles. The molecule has 10 heteroatoms. The van der Waals surface area contributed by atoms with Crippen LogP contribution in [0.2, 0.25) is 0 Å². The van der Waals surface area contributed by atoms with Crippen molar-refractivity contribution < 1.29 is 38.1 Å². The summed E-state index contributed by atoms with van der Waals surface area (Å²) in [4.78, 5) is 50.6. The molecule has 1 saturated carbocycles. The zero-order chi connectivity index (χ0) is 32.2. The number of hydrogen-bond donors (Lipinski definition) is 0. The Balaban J connectivity index is 1.72. The van der Waals surface area contributed by atoms with Crippen molar-refractivity contribution in [2.75, 3.05) is 26.4 Å². The first-order valence-electron chi connectivity index (χ1n) is 15.2. The summed E-state index contributed by atoms with van der Waals surface area (Å²) in [6.07, 6.45) is 2.18. The van der Waals surface area contributed by atoms with E-state index in [-0.39, 0.29) is 62.0 Å². The van der Waals surface area contributed by atoms with Crippen molar-refractivity contribution in [1.29, 1.82) is 0 Å². The summed E-state index contributed by atoms with van der Waals surface area (Å²) in [6, 6.07) is 15.5. The molecular formula is C34H42Br2O8. The molecule has 0 N–H and O–H groups in total. The van der Waals surface area contributed by atoms with Gasteiger partial charge in [-0.1, -0.05) is 83.8 Å². The molecule has 240 valence electrons. The van der Waals surface area contributed by atoms with Crippen LogP contribution in [-0.2, 0) is 38.1 Å². The average molecular weight is 739 g/mol. The molecule has 4 atom stereocenters. The fourth-order valence-corrected chi connectivity index (χ4v) is 5.69. The molecule has 44 heavy (non-hydrogen) atoms. The molecule has 3 rings (SSSR count). The number of carbonyl (C=O) groups excluding carboxylic acids is 4. The standard InChI is InChI=1S/C34H42Br2O8/c1-21(2)31(37)41-17-5-7-19-43-33(39)29-27(23-9-13-25(35)14-10-23)28(24-11-15-26(36)16-12-24)30(29)34(40)44-20-8-6-18-42-32(38)22(3)4/h9-16,21-22,27-30H,5-8,17-20H2,1-4H3/t27-,28+,29+,30?/m0/s1. The zero-order valence-electron chi connectivity index (χ0n) is 25.8. The van der Waals surface area contributed by atoms with Crippen LogP contribution in [-0.4, -0.2) is 50.3 Å². The second-order valence-corrected chi connectivity index (χ2v) is 13.4. The predicted molar refractivity (Wildman–Crippen MR) is 173 cm³/mol. The van der Waals surface area contributed by atoms with E-state index < -0.39 is 23.8 Å². The van der Waals surface area contributed by atoms with Crippen molar-refractivity contribution in [3.8, 4) is 0 Å². The molecule has 2 aromatic rings. The molecule has 0 spiro atoms. The van der Waals surface area contributed by atoms with Gasteiger partial charge in [0.25, 0.3) is 0 Å². The number of rotatable bonds is 16. The average Bonchev–Trinajstić information content (AvgIpc) is 2.97. The SMILES string of the molecule is CC(C)C(=O)OCCCCOC(=O)C1[C@H](C(=O)OCCCCOC(=O)C(C)C)[C@@H](c2ccc(Br)cc2)[C@H]1c1ccc(Br)cc1. The second-order valence-electron chi connectivity index (χ2n) is 11.6. The summed E-state index contributed by atoms with van der Waals surface area (Å²) >= 11 is 6.97. The highest BCUT2D eigenvalue weighted by Crippen LogP contribution is 2.58. The van der Waals surface area contributed by atoms with E-state index in [1.807, 2.05) is 48.5 Å². The lowest BCUT2D eigenvalue weighted by Crippen LogP contribution is -2.52. The number of benzene rings is 2. The highest BCUT2D eigenvalue weighted by molar-refractivity contribution is 9.10. The van der Waals surface area contributed by atoms with E-state index in [1.54, 1.807) is 27.7 Å². The van der Waals surface area contributed by atoms with Gasteiger partial charge in [0.05, 0.1) is 50.1 Å². The Labute approximate surface area is 276 Å². The van der Waals surface area contributed by atoms with Crippen molar-refractivity contribution in [3.05, 3.63) is 68.6 Å². The molecule has 1 fully saturated rings. The van der Waals surface area contributed by atoms with E-state index in [4.69, 9.17) is 18.9 Å². The minimum atomic E-state index is -0.733. The van der Waals surface area contributed by atoms with Crippen LogP contribution < -0.4 is 0 Å². The molecule has 8 nitrogen and oxygen atoms in total. The Hall–Kier alpha value is -2.72. The van der Waals surface area contributed by atoms with Crippen LogP contribution >= 0.6 is 31.9 Å². The van der Waals surface area contributed by atoms with Crippen molar-refractivity contribution in [2.45, 2.75) is 65.2 Å². The maximum Gasteiger partial charge on any atom is 0.310 e. The molecular weight excluding hydrogens is 696 g/mol. The summed E-state index contributed by atoms with van der Waals surface area (Å²) in [7, 11) is 0. The fraction of sp³-hybridized carbons (Fsp3) is 0.529. The van der Waals surface area contributed by atoms with E-state index in [1.165, 1.54) is 0 Å². The highest BCUT2D eigenvalue weighted by Gasteiger charge is 2.59. The number of ether oxygens (including phenoxy) is 4. The van der Waals surface area contributed by atoms with Crippen LogP contribution in [0.5, 0.6) is 0 Å². The minimum absolute atomic E-state index is 0.154. The number of unbranched alkanes of at least 4 members (excludes halogenated alkanes) is 2. The Kier molecular flexibility index (Phi) is 14.4. The number of carbonyl (C=O) groups is 4. The lowest BCUT2D eigenvalue weighted by atomic mass is 9.52. The first-order valence-corrected chi connectivity index (χ1v) is 16.8. The largest absolute Gasteiger partial charge is 0.465 e. The Morgan fingerprint density at radius 3 is 1.14 bits per heavy atom. The molecule has 0 aromatic heterocycles. The Morgan fingerprint density at radius 1 is 0.545 bits per heavy atom. The molecule has 1 aliphatic rings. The van der Waals surface area contributed by atoms with Crippen LogP contribution in [0, 0.1) is 23.7 Å².